The summed E-state index contributed by atoms with van der Waals surface area (Å²) < 4.78 is 1.19. The Morgan fingerprint density at radius 2 is 1.88 bits per heavy atom. The highest BCUT2D eigenvalue weighted by atomic mass is 79.9. The zero-order valence-electron chi connectivity index (χ0n) is 10.0. The van der Waals surface area contributed by atoms with Crippen LogP contribution in [0.1, 0.15) is 44.6 Å². The minimum atomic E-state index is 0.482. The largest absolute Gasteiger partial charge is 0.126 e. The molecule has 90 valence electrons. The molecule has 0 saturated heterocycles. The van der Waals surface area contributed by atoms with Crippen molar-refractivity contribution in [1.82, 2.24) is 0 Å². The highest BCUT2D eigenvalue weighted by molar-refractivity contribution is 9.10. The van der Waals surface area contributed by atoms with Crippen molar-refractivity contribution >= 4 is 27.5 Å². The molecule has 2 heteroatoms. The average Bonchev–Trinajstić information content (AvgIpc) is 2.25. The van der Waals surface area contributed by atoms with Crippen LogP contribution in [-0.4, -0.2) is 5.88 Å². The first-order valence-electron chi connectivity index (χ1n) is 5.95. The fraction of sp³-hybridized carbons (Fsp3) is 0.571. The molecule has 1 aromatic carbocycles. The monoisotopic (exact) mass is 302 g/mol. The predicted octanol–water partition coefficient (Wildman–Crippen LogP) is 5.60. The van der Waals surface area contributed by atoms with Gasteiger partial charge >= 0.3 is 0 Å². The van der Waals surface area contributed by atoms with Gasteiger partial charge < -0.3 is 0 Å². The van der Waals surface area contributed by atoms with E-state index in [-0.39, 0.29) is 0 Å². The minimum absolute atomic E-state index is 0.482. The second kappa shape index (κ2) is 7.34. The van der Waals surface area contributed by atoms with Crippen LogP contribution in [0.5, 0.6) is 0 Å². The molecule has 0 radical (unpaired) electrons. The summed E-state index contributed by atoms with van der Waals surface area (Å²) in [5, 5.41) is 0. The van der Waals surface area contributed by atoms with Crippen LogP contribution in [0.2, 0.25) is 0 Å². The van der Waals surface area contributed by atoms with Crippen molar-refractivity contribution in [3.63, 3.8) is 0 Å². The molecule has 0 spiro atoms. The summed E-state index contributed by atoms with van der Waals surface area (Å²) in [5.41, 5.74) is 1.35. The highest BCUT2D eigenvalue weighted by Gasteiger charge is 2.12. The summed E-state index contributed by atoms with van der Waals surface area (Å²) >= 11 is 9.67. The van der Waals surface area contributed by atoms with Crippen LogP contribution >= 0.6 is 27.5 Å². The van der Waals surface area contributed by atoms with Crippen molar-refractivity contribution in [3.05, 3.63) is 34.3 Å². The van der Waals surface area contributed by atoms with Crippen molar-refractivity contribution in [2.24, 2.45) is 5.92 Å². The molecule has 0 nitrogen and oxygen atoms in total. The molecule has 0 fully saturated rings. The van der Waals surface area contributed by atoms with Gasteiger partial charge in [0.2, 0.25) is 0 Å². The zero-order chi connectivity index (χ0) is 12.0. The number of alkyl halides is 1. The Kier molecular flexibility index (Phi) is 6.45. The van der Waals surface area contributed by atoms with E-state index in [9.17, 15) is 0 Å². The molecule has 1 atom stereocenters. The maximum atomic E-state index is 6.07. The Balaban J connectivity index is 2.57. The van der Waals surface area contributed by atoms with Gasteiger partial charge in [0.15, 0.2) is 0 Å². The topological polar surface area (TPSA) is 0 Å². The standard InChI is InChI=1S/C14H20BrCl/c1-11(2)6-5-7-12(10-16)13-8-3-4-9-14(13)15/h3-4,8-9,11-12H,5-7,10H2,1-2H3. The lowest BCUT2D eigenvalue weighted by Gasteiger charge is -2.16. The first-order chi connectivity index (χ1) is 7.65. The fourth-order valence-corrected chi connectivity index (χ4v) is 2.82. The maximum Gasteiger partial charge on any atom is 0.0292 e. The summed E-state index contributed by atoms with van der Waals surface area (Å²) in [6.45, 7) is 4.54. The molecule has 0 aromatic heterocycles. The second-order valence-corrected chi connectivity index (χ2v) is 5.86. The van der Waals surface area contributed by atoms with Gasteiger partial charge in [0, 0.05) is 10.4 Å². The Labute approximate surface area is 113 Å². The quantitative estimate of drug-likeness (QED) is 0.600. The van der Waals surface area contributed by atoms with Crippen LogP contribution in [0.25, 0.3) is 0 Å². The third-order valence-electron chi connectivity index (χ3n) is 2.87. The van der Waals surface area contributed by atoms with E-state index in [1.165, 1.54) is 29.3 Å². The lowest BCUT2D eigenvalue weighted by Crippen LogP contribution is -2.02. The van der Waals surface area contributed by atoms with Gasteiger partial charge in [-0.3, -0.25) is 0 Å². The summed E-state index contributed by atoms with van der Waals surface area (Å²) in [6.07, 6.45) is 3.73. The Bertz CT molecular complexity index is 309. The number of rotatable bonds is 6. The number of hydrogen-bond donors (Lipinski definition) is 0. The van der Waals surface area contributed by atoms with E-state index >= 15 is 0 Å². The molecule has 1 unspecified atom stereocenters. The van der Waals surface area contributed by atoms with E-state index in [4.69, 9.17) is 11.6 Å². The third-order valence-corrected chi connectivity index (χ3v) is 3.96. The molecule has 1 rings (SSSR count). The first-order valence-corrected chi connectivity index (χ1v) is 7.28. The Hall–Kier alpha value is -0.0100. The number of benzene rings is 1. The van der Waals surface area contributed by atoms with Crippen molar-refractivity contribution in [2.45, 2.75) is 39.0 Å². The first kappa shape index (κ1) is 14.1. The zero-order valence-corrected chi connectivity index (χ0v) is 12.4. The predicted molar refractivity (Wildman–Crippen MR) is 76.3 cm³/mol. The second-order valence-electron chi connectivity index (χ2n) is 4.70. The summed E-state index contributed by atoms with van der Waals surface area (Å²) in [7, 11) is 0. The summed E-state index contributed by atoms with van der Waals surface area (Å²) in [4.78, 5) is 0. The lowest BCUT2D eigenvalue weighted by molar-refractivity contribution is 0.513. The molecular formula is C14H20BrCl. The molecule has 0 N–H and O–H groups in total. The normalized spacial score (nSPS) is 13.1. The van der Waals surface area contributed by atoms with E-state index in [1.807, 2.05) is 6.07 Å². The molecule has 0 aliphatic carbocycles. The molecule has 0 aliphatic heterocycles. The van der Waals surface area contributed by atoms with Crippen LogP contribution in [0, 0.1) is 5.92 Å². The van der Waals surface area contributed by atoms with Crippen molar-refractivity contribution in [3.8, 4) is 0 Å². The number of hydrogen-bond acceptors (Lipinski definition) is 0. The molecule has 0 aliphatic rings. The maximum absolute atomic E-state index is 6.07. The van der Waals surface area contributed by atoms with Crippen LogP contribution in [-0.2, 0) is 0 Å². The number of halogens is 2. The van der Waals surface area contributed by atoms with Gasteiger partial charge in [0.25, 0.3) is 0 Å². The highest BCUT2D eigenvalue weighted by Crippen LogP contribution is 2.30. The van der Waals surface area contributed by atoms with E-state index in [1.54, 1.807) is 0 Å². The van der Waals surface area contributed by atoms with E-state index < -0.39 is 0 Å². The van der Waals surface area contributed by atoms with Gasteiger partial charge in [-0.05, 0) is 29.9 Å². The third kappa shape index (κ3) is 4.47. The lowest BCUT2D eigenvalue weighted by atomic mass is 9.93. The van der Waals surface area contributed by atoms with Gasteiger partial charge in [0.05, 0.1) is 0 Å². The van der Waals surface area contributed by atoms with Crippen LogP contribution < -0.4 is 0 Å². The van der Waals surface area contributed by atoms with E-state index in [0.29, 0.717) is 11.8 Å². The molecule has 0 heterocycles. The minimum Gasteiger partial charge on any atom is -0.126 e. The molecular weight excluding hydrogens is 284 g/mol. The van der Waals surface area contributed by atoms with Crippen LogP contribution in [0.4, 0.5) is 0 Å². The van der Waals surface area contributed by atoms with E-state index in [2.05, 4.69) is 48.0 Å². The summed E-state index contributed by atoms with van der Waals surface area (Å²) in [6, 6.07) is 8.40. The average molecular weight is 304 g/mol. The SMILES string of the molecule is CC(C)CCCC(CCl)c1ccccc1Br. The van der Waals surface area contributed by atoms with E-state index in [0.717, 1.165) is 5.92 Å². The van der Waals surface area contributed by atoms with Crippen molar-refractivity contribution in [2.75, 3.05) is 5.88 Å². The molecule has 0 saturated carbocycles. The van der Waals surface area contributed by atoms with Gasteiger partial charge in [0.1, 0.15) is 0 Å². The van der Waals surface area contributed by atoms with Gasteiger partial charge in [-0.2, -0.15) is 0 Å². The Morgan fingerprint density at radius 1 is 1.19 bits per heavy atom. The van der Waals surface area contributed by atoms with Crippen molar-refractivity contribution in [1.29, 1.82) is 0 Å². The summed E-state index contributed by atoms with van der Waals surface area (Å²) in [5.74, 6) is 1.98. The van der Waals surface area contributed by atoms with Gasteiger partial charge in [-0.1, -0.05) is 60.8 Å². The van der Waals surface area contributed by atoms with Crippen molar-refractivity contribution < 1.29 is 0 Å². The van der Waals surface area contributed by atoms with Gasteiger partial charge in [-0.15, -0.1) is 11.6 Å². The Morgan fingerprint density at radius 3 is 2.44 bits per heavy atom. The van der Waals surface area contributed by atoms with Crippen LogP contribution in [0.3, 0.4) is 0 Å². The molecule has 1 aromatic rings. The molecule has 0 bridgehead atoms. The fourth-order valence-electron chi connectivity index (χ4n) is 1.89. The van der Waals surface area contributed by atoms with Gasteiger partial charge in [-0.25, -0.2) is 0 Å². The molecule has 16 heavy (non-hydrogen) atoms. The van der Waals surface area contributed by atoms with Crippen LogP contribution in [0.15, 0.2) is 28.7 Å². The smallest absolute Gasteiger partial charge is 0.0292 e. The molecule has 0 amide bonds.